The van der Waals surface area contributed by atoms with Gasteiger partial charge in [-0.2, -0.15) is 5.10 Å². The number of aryl methyl sites for hydroxylation is 1. The number of benzene rings is 1. The minimum Gasteiger partial charge on any atom is -0.361 e. The van der Waals surface area contributed by atoms with Crippen LogP contribution in [0.15, 0.2) is 36.5 Å². The Morgan fingerprint density at radius 2 is 2.21 bits per heavy atom. The van der Waals surface area contributed by atoms with E-state index in [1.54, 1.807) is 0 Å². The fraction of sp³-hybridized carbons (Fsp3) is 0.421. The highest BCUT2D eigenvalue weighted by molar-refractivity contribution is 5.83. The van der Waals surface area contributed by atoms with Gasteiger partial charge in [-0.1, -0.05) is 18.2 Å². The highest BCUT2D eigenvalue weighted by Crippen LogP contribution is 2.35. The molecule has 1 saturated heterocycles. The van der Waals surface area contributed by atoms with Crippen molar-refractivity contribution in [3.05, 3.63) is 53.5 Å². The molecule has 3 heterocycles. The molecule has 0 spiro atoms. The molecule has 0 radical (unpaired) electrons. The summed E-state index contributed by atoms with van der Waals surface area (Å²) in [5.41, 5.74) is 4.47. The fourth-order valence-corrected chi connectivity index (χ4v) is 3.79. The smallest absolute Gasteiger partial charge is 0.154 e. The first-order valence-electron chi connectivity index (χ1n) is 8.66. The molecule has 3 aromatic rings. The molecule has 2 atom stereocenters. The molecule has 2 aromatic heterocycles. The lowest BCUT2D eigenvalue weighted by Gasteiger charge is -2.35. The third-order valence-electron chi connectivity index (χ3n) is 5.12. The first-order valence-corrected chi connectivity index (χ1v) is 8.66. The summed E-state index contributed by atoms with van der Waals surface area (Å²) in [5, 5.41) is 8.41. The van der Waals surface area contributed by atoms with Gasteiger partial charge in [0.1, 0.15) is 0 Å². The maximum absolute atomic E-state index is 14.7. The van der Waals surface area contributed by atoms with Crippen LogP contribution in [-0.2, 0) is 6.42 Å². The molecule has 4 rings (SSSR count). The predicted octanol–water partition coefficient (Wildman–Crippen LogP) is 3.92. The Hall–Kier alpha value is -2.14. The van der Waals surface area contributed by atoms with Gasteiger partial charge >= 0.3 is 0 Å². The van der Waals surface area contributed by atoms with Gasteiger partial charge < -0.3 is 4.98 Å². The van der Waals surface area contributed by atoms with E-state index in [4.69, 9.17) is 0 Å². The summed E-state index contributed by atoms with van der Waals surface area (Å²) in [5.74, 6) is 0.292. The van der Waals surface area contributed by atoms with E-state index in [-0.39, 0.29) is 0 Å². The predicted molar refractivity (Wildman–Crippen MR) is 93.8 cm³/mol. The largest absolute Gasteiger partial charge is 0.361 e. The van der Waals surface area contributed by atoms with Crippen LogP contribution in [0.5, 0.6) is 0 Å². The summed E-state index contributed by atoms with van der Waals surface area (Å²) < 4.78 is 14.7. The zero-order valence-corrected chi connectivity index (χ0v) is 13.9. The highest BCUT2D eigenvalue weighted by atomic mass is 19.1. The highest BCUT2D eigenvalue weighted by Gasteiger charge is 2.30. The van der Waals surface area contributed by atoms with Crippen LogP contribution in [0.2, 0.25) is 0 Å². The normalized spacial score (nSPS) is 22.2. The third-order valence-corrected chi connectivity index (χ3v) is 5.12. The lowest BCUT2D eigenvalue weighted by atomic mass is 9.88. The topological polar surface area (TPSA) is 47.7 Å². The van der Waals surface area contributed by atoms with E-state index in [1.807, 2.05) is 30.0 Å². The van der Waals surface area contributed by atoms with E-state index in [2.05, 4.69) is 33.5 Å². The first-order chi connectivity index (χ1) is 11.7. The Morgan fingerprint density at radius 3 is 3.00 bits per heavy atom. The molecule has 1 fully saturated rings. The van der Waals surface area contributed by atoms with E-state index in [0.717, 1.165) is 42.8 Å². The van der Waals surface area contributed by atoms with Gasteiger partial charge in [-0.25, -0.2) is 4.39 Å². The van der Waals surface area contributed by atoms with Gasteiger partial charge in [-0.3, -0.25) is 10.00 Å². The number of likely N-dealkylation sites (tertiary alicyclic amines) is 1. The van der Waals surface area contributed by atoms with E-state index >= 15 is 0 Å². The number of aromatic nitrogens is 3. The van der Waals surface area contributed by atoms with Crippen molar-refractivity contribution in [2.75, 3.05) is 13.1 Å². The van der Waals surface area contributed by atoms with Crippen LogP contribution in [0.25, 0.3) is 10.9 Å². The fourth-order valence-electron chi connectivity index (χ4n) is 3.79. The number of piperidine rings is 1. The van der Waals surface area contributed by atoms with Gasteiger partial charge in [0.25, 0.3) is 0 Å². The standard InChI is InChI=1S/C19H23FN4/c1-13-10-15(23-22-13)7-9-24-8-6-14(11-19(24)20)17-12-21-18-5-3-2-4-16(17)18/h2-5,10,12,14,19,21H,6-9,11H2,1H3,(H,22,23). The van der Waals surface area contributed by atoms with Crippen LogP contribution in [0.4, 0.5) is 4.39 Å². The van der Waals surface area contributed by atoms with Crippen molar-refractivity contribution in [2.45, 2.75) is 38.4 Å². The van der Waals surface area contributed by atoms with E-state index in [0.29, 0.717) is 12.3 Å². The molecule has 1 aliphatic rings. The Kier molecular flexibility index (Phi) is 4.10. The molecule has 1 aromatic carbocycles. The number of hydrogen-bond donors (Lipinski definition) is 2. The number of alkyl halides is 1. The molecular formula is C19H23FN4. The number of hydrogen-bond acceptors (Lipinski definition) is 2. The Labute approximate surface area is 141 Å². The summed E-state index contributed by atoms with van der Waals surface area (Å²) in [4.78, 5) is 5.27. The van der Waals surface area contributed by atoms with E-state index in [1.165, 1.54) is 10.9 Å². The zero-order chi connectivity index (χ0) is 16.5. The molecule has 24 heavy (non-hydrogen) atoms. The summed E-state index contributed by atoms with van der Waals surface area (Å²) in [6.07, 6.45) is 3.55. The van der Waals surface area contributed by atoms with Crippen molar-refractivity contribution in [3.8, 4) is 0 Å². The van der Waals surface area contributed by atoms with Gasteiger partial charge in [-0.05, 0) is 43.4 Å². The maximum atomic E-state index is 14.7. The van der Waals surface area contributed by atoms with Crippen molar-refractivity contribution in [1.82, 2.24) is 20.1 Å². The van der Waals surface area contributed by atoms with Crippen LogP contribution in [-0.4, -0.2) is 39.5 Å². The molecule has 5 heteroatoms. The lowest BCUT2D eigenvalue weighted by Crippen LogP contribution is -2.40. The van der Waals surface area contributed by atoms with E-state index in [9.17, 15) is 4.39 Å². The summed E-state index contributed by atoms with van der Waals surface area (Å²) >= 11 is 0. The van der Waals surface area contributed by atoms with Crippen LogP contribution in [0.3, 0.4) is 0 Å². The second-order valence-corrected chi connectivity index (χ2v) is 6.77. The number of aromatic amines is 2. The van der Waals surface area contributed by atoms with Crippen LogP contribution < -0.4 is 0 Å². The monoisotopic (exact) mass is 326 g/mol. The molecule has 0 saturated carbocycles. The van der Waals surface area contributed by atoms with Crippen molar-refractivity contribution >= 4 is 10.9 Å². The number of rotatable bonds is 4. The molecule has 2 unspecified atom stereocenters. The minimum atomic E-state index is -0.877. The molecule has 0 aliphatic carbocycles. The van der Waals surface area contributed by atoms with Gasteiger partial charge in [0.15, 0.2) is 6.30 Å². The average molecular weight is 326 g/mol. The summed E-state index contributed by atoms with van der Waals surface area (Å²) in [7, 11) is 0. The molecule has 2 N–H and O–H groups in total. The van der Waals surface area contributed by atoms with Gasteiger partial charge in [0.2, 0.25) is 0 Å². The van der Waals surface area contributed by atoms with Gasteiger partial charge in [0.05, 0.1) is 5.69 Å². The zero-order valence-electron chi connectivity index (χ0n) is 13.9. The summed E-state index contributed by atoms with van der Waals surface area (Å²) in [6.45, 7) is 3.52. The SMILES string of the molecule is Cc1cc(CCN2CCC(c3c[nH]c4ccccc34)CC2F)n[nH]1. The second kappa shape index (κ2) is 6.40. The Morgan fingerprint density at radius 1 is 1.33 bits per heavy atom. The van der Waals surface area contributed by atoms with Crippen molar-refractivity contribution in [2.24, 2.45) is 0 Å². The lowest BCUT2D eigenvalue weighted by molar-refractivity contribution is 0.0382. The molecule has 0 amide bonds. The molecule has 1 aliphatic heterocycles. The van der Waals surface area contributed by atoms with Crippen molar-refractivity contribution < 1.29 is 4.39 Å². The summed E-state index contributed by atoms with van der Waals surface area (Å²) in [6, 6.07) is 10.3. The molecular weight excluding hydrogens is 303 g/mol. The number of fused-ring (bicyclic) bond motifs is 1. The van der Waals surface area contributed by atoms with Crippen LogP contribution in [0, 0.1) is 6.92 Å². The number of halogens is 1. The van der Waals surface area contributed by atoms with Crippen molar-refractivity contribution in [1.29, 1.82) is 0 Å². The van der Waals surface area contributed by atoms with Crippen molar-refractivity contribution in [3.63, 3.8) is 0 Å². The molecule has 4 nitrogen and oxygen atoms in total. The van der Waals surface area contributed by atoms with Gasteiger partial charge in [0, 0.05) is 42.3 Å². The molecule has 0 bridgehead atoms. The third kappa shape index (κ3) is 2.96. The Balaban J connectivity index is 1.41. The van der Waals surface area contributed by atoms with E-state index < -0.39 is 6.30 Å². The van der Waals surface area contributed by atoms with Crippen LogP contribution in [0.1, 0.15) is 35.7 Å². The number of nitrogens with one attached hydrogen (secondary N) is 2. The number of nitrogens with zero attached hydrogens (tertiary/aromatic N) is 2. The average Bonchev–Trinajstić information content (AvgIpc) is 3.20. The second-order valence-electron chi connectivity index (χ2n) is 6.77. The Bertz CT molecular complexity index is 822. The quantitative estimate of drug-likeness (QED) is 0.714. The first kappa shape index (κ1) is 15.4. The molecule has 126 valence electrons. The maximum Gasteiger partial charge on any atom is 0.154 e. The number of para-hydroxylation sites is 1. The number of H-pyrrole nitrogens is 2. The minimum absolute atomic E-state index is 0.292. The van der Waals surface area contributed by atoms with Crippen LogP contribution >= 0.6 is 0 Å². The van der Waals surface area contributed by atoms with Gasteiger partial charge in [-0.15, -0.1) is 0 Å².